The first-order valence-corrected chi connectivity index (χ1v) is 12.1. The summed E-state index contributed by atoms with van der Waals surface area (Å²) in [7, 11) is 0. The van der Waals surface area contributed by atoms with Gasteiger partial charge in [-0.1, -0.05) is 12.1 Å². The van der Waals surface area contributed by atoms with Crippen LogP contribution in [0.4, 0.5) is 0 Å². The Kier molecular flexibility index (Phi) is 9.87. The molecule has 0 amide bonds. The zero-order valence-corrected chi connectivity index (χ0v) is 20.4. The predicted octanol–water partition coefficient (Wildman–Crippen LogP) is -3.69. The smallest absolute Gasteiger partial charge is 0.330 e. The van der Waals surface area contributed by atoms with Gasteiger partial charge in [0, 0.05) is 6.08 Å². The van der Waals surface area contributed by atoms with Gasteiger partial charge in [0.25, 0.3) is 0 Å². The number of carbonyl (C=O) groups excluding carboxylic acids is 1. The molecule has 4 rings (SSSR count). The summed E-state index contributed by atoms with van der Waals surface area (Å²) in [5, 5.41) is 80.3. The summed E-state index contributed by atoms with van der Waals surface area (Å²) in [6.07, 6.45) is -15.4. The van der Waals surface area contributed by atoms with Gasteiger partial charge in [0.05, 0.1) is 13.2 Å². The highest BCUT2D eigenvalue weighted by Gasteiger charge is 2.50. The van der Waals surface area contributed by atoms with Crippen LogP contribution in [0.3, 0.4) is 0 Å². The maximum Gasteiger partial charge on any atom is 0.330 e. The third-order valence-corrected chi connectivity index (χ3v) is 6.49. The van der Waals surface area contributed by atoms with E-state index >= 15 is 0 Å². The standard InChI is InChI=1S/C24H32O15/c25-11-4-1-10(2-5-11)3-6-15(27)34-8-13-17(29)19(31)24(38-13)39-21-12(26)7-36-23(20(21)32)37-14-9-35-22(33)18(30)16(14)28/h1-6,12-14,16-26,28-33H,7-9H2/b6-3+/t12-,13+,14-,16-,17+,18-,19-,20-,21+,22+,23+,24+/m1/s1. The van der Waals surface area contributed by atoms with Crippen molar-refractivity contribution in [3.63, 3.8) is 0 Å². The average molecular weight is 561 g/mol. The third-order valence-electron chi connectivity index (χ3n) is 6.49. The summed E-state index contributed by atoms with van der Waals surface area (Å²) in [6, 6.07) is 6.04. The molecule has 0 aliphatic carbocycles. The molecule has 3 aliphatic heterocycles. The predicted molar refractivity (Wildman–Crippen MR) is 124 cm³/mol. The number of ether oxygens (including phenoxy) is 6. The zero-order valence-electron chi connectivity index (χ0n) is 20.4. The molecule has 0 bridgehead atoms. The van der Waals surface area contributed by atoms with Gasteiger partial charge in [-0.15, -0.1) is 0 Å². The third kappa shape index (κ3) is 7.10. The van der Waals surface area contributed by atoms with Gasteiger partial charge in [-0.25, -0.2) is 4.79 Å². The van der Waals surface area contributed by atoms with E-state index in [0.29, 0.717) is 5.56 Å². The van der Waals surface area contributed by atoms with Crippen molar-refractivity contribution in [2.45, 2.75) is 73.8 Å². The minimum Gasteiger partial charge on any atom is -0.508 e. The second kappa shape index (κ2) is 12.9. The maximum atomic E-state index is 12.0. The van der Waals surface area contributed by atoms with Crippen molar-refractivity contribution in [3.05, 3.63) is 35.9 Å². The van der Waals surface area contributed by atoms with Crippen LogP contribution in [-0.4, -0.2) is 140 Å². The number of hydrogen-bond acceptors (Lipinski definition) is 15. The van der Waals surface area contributed by atoms with Crippen LogP contribution in [0.5, 0.6) is 5.75 Å². The van der Waals surface area contributed by atoms with Crippen LogP contribution in [0, 0.1) is 0 Å². The van der Waals surface area contributed by atoms with Gasteiger partial charge < -0.3 is 69.3 Å². The number of hydrogen-bond donors (Lipinski definition) is 8. The fraction of sp³-hybridized carbons (Fsp3) is 0.625. The molecule has 0 aromatic heterocycles. The number of esters is 1. The number of aromatic hydroxyl groups is 1. The molecular formula is C24H32O15. The van der Waals surface area contributed by atoms with Crippen molar-refractivity contribution in [3.8, 4) is 5.75 Å². The van der Waals surface area contributed by atoms with Crippen LogP contribution in [0.1, 0.15) is 5.56 Å². The molecule has 8 N–H and O–H groups in total. The molecule has 3 aliphatic rings. The first kappa shape index (κ1) is 29.7. The van der Waals surface area contributed by atoms with Crippen LogP contribution >= 0.6 is 0 Å². The quantitative estimate of drug-likeness (QED) is 0.113. The summed E-state index contributed by atoms with van der Waals surface area (Å²) in [4.78, 5) is 12.0. The molecule has 1 aromatic carbocycles. The van der Waals surface area contributed by atoms with E-state index in [2.05, 4.69) is 0 Å². The lowest BCUT2D eigenvalue weighted by Crippen LogP contribution is -2.60. The summed E-state index contributed by atoms with van der Waals surface area (Å²) < 4.78 is 31.7. The maximum absolute atomic E-state index is 12.0. The van der Waals surface area contributed by atoms with E-state index in [4.69, 9.17) is 28.4 Å². The highest BCUT2D eigenvalue weighted by Crippen LogP contribution is 2.29. The van der Waals surface area contributed by atoms with Gasteiger partial charge in [-0.05, 0) is 23.8 Å². The van der Waals surface area contributed by atoms with Crippen molar-refractivity contribution in [2.24, 2.45) is 0 Å². The molecule has 0 saturated carbocycles. The van der Waals surface area contributed by atoms with E-state index in [0.717, 1.165) is 6.08 Å². The molecule has 0 radical (unpaired) electrons. The number of rotatable bonds is 8. The fourth-order valence-electron chi connectivity index (χ4n) is 4.21. The van der Waals surface area contributed by atoms with Gasteiger partial charge in [0.1, 0.15) is 67.3 Å². The Morgan fingerprint density at radius 1 is 0.846 bits per heavy atom. The van der Waals surface area contributed by atoms with Gasteiger partial charge in [-0.2, -0.15) is 0 Å². The first-order chi connectivity index (χ1) is 18.5. The Morgan fingerprint density at radius 3 is 2.28 bits per heavy atom. The first-order valence-electron chi connectivity index (χ1n) is 12.1. The van der Waals surface area contributed by atoms with Gasteiger partial charge in [-0.3, -0.25) is 0 Å². The van der Waals surface area contributed by atoms with Crippen molar-refractivity contribution >= 4 is 12.0 Å². The molecule has 39 heavy (non-hydrogen) atoms. The molecule has 12 atom stereocenters. The Balaban J connectivity index is 1.29. The monoisotopic (exact) mass is 560 g/mol. The summed E-state index contributed by atoms with van der Waals surface area (Å²) in [6.45, 7) is -1.17. The number of benzene rings is 1. The van der Waals surface area contributed by atoms with Crippen molar-refractivity contribution in [1.82, 2.24) is 0 Å². The number of aliphatic hydroxyl groups excluding tert-OH is 7. The van der Waals surface area contributed by atoms with Crippen LogP contribution in [0.25, 0.3) is 6.08 Å². The second-order valence-electron chi connectivity index (χ2n) is 9.32. The fourth-order valence-corrected chi connectivity index (χ4v) is 4.21. The molecule has 0 spiro atoms. The molecule has 3 fully saturated rings. The van der Waals surface area contributed by atoms with Gasteiger partial charge >= 0.3 is 5.97 Å². The Hall–Kier alpha value is -2.25. The lowest BCUT2D eigenvalue weighted by molar-refractivity contribution is -0.338. The molecule has 15 heteroatoms. The van der Waals surface area contributed by atoms with E-state index in [-0.39, 0.29) is 19.0 Å². The molecule has 3 saturated heterocycles. The van der Waals surface area contributed by atoms with Crippen molar-refractivity contribution in [2.75, 3.05) is 19.8 Å². The number of phenols is 1. The minimum atomic E-state index is -1.68. The second-order valence-corrected chi connectivity index (χ2v) is 9.32. The lowest BCUT2D eigenvalue weighted by Gasteiger charge is -2.42. The van der Waals surface area contributed by atoms with E-state index in [9.17, 15) is 45.6 Å². The van der Waals surface area contributed by atoms with E-state index in [1.807, 2.05) is 0 Å². The number of carbonyl (C=O) groups is 1. The SMILES string of the molecule is O=C(/C=C/c1ccc(O)cc1)OC[C@@H]1O[C@@H](O[C@@H]2[C@@H](O)[C@H](O[C@@H]3CO[C@H](O)[C@H](O)[C@@H]3O)OC[C@H]2O)[C@H](O)[C@H]1O. The zero-order chi connectivity index (χ0) is 28.3. The Morgan fingerprint density at radius 2 is 1.56 bits per heavy atom. The highest BCUT2D eigenvalue weighted by atomic mass is 16.7. The summed E-state index contributed by atoms with van der Waals surface area (Å²) >= 11 is 0. The highest BCUT2D eigenvalue weighted by molar-refractivity contribution is 5.87. The van der Waals surface area contributed by atoms with Crippen LogP contribution < -0.4 is 0 Å². The summed E-state index contributed by atoms with van der Waals surface area (Å²) in [5.74, 6) is -0.695. The number of phenolic OH excluding ortho intramolecular Hbond substituents is 1. The summed E-state index contributed by atoms with van der Waals surface area (Å²) in [5.41, 5.74) is 0.626. The van der Waals surface area contributed by atoms with Gasteiger partial charge in [0.15, 0.2) is 18.9 Å². The van der Waals surface area contributed by atoms with Crippen LogP contribution in [0.2, 0.25) is 0 Å². The largest absolute Gasteiger partial charge is 0.508 e. The lowest BCUT2D eigenvalue weighted by atomic mass is 10.0. The average Bonchev–Trinajstić information content (AvgIpc) is 3.18. The Bertz CT molecular complexity index is 973. The number of aliphatic hydroxyl groups is 7. The van der Waals surface area contributed by atoms with Gasteiger partial charge in [0.2, 0.25) is 0 Å². The molecule has 0 unspecified atom stereocenters. The van der Waals surface area contributed by atoms with E-state index in [1.54, 1.807) is 12.1 Å². The van der Waals surface area contributed by atoms with Crippen molar-refractivity contribution in [1.29, 1.82) is 0 Å². The normalized spacial score (nSPS) is 41.1. The topological polar surface area (TPSA) is 234 Å². The van der Waals surface area contributed by atoms with Crippen LogP contribution in [-0.2, 0) is 33.2 Å². The van der Waals surface area contributed by atoms with E-state index in [1.165, 1.54) is 18.2 Å². The van der Waals surface area contributed by atoms with Crippen LogP contribution in [0.15, 0.2) is 30.3 Å². The minimum absolute atomic E-state index is 0.0689. The molecule has 3 heterocycles. The Labute approximate surface area is 221 Å². The van der Waals surface area contributed by atoms with E-state index < -0.39 is 86.4 Å². The molecule has 1 aromatic rings. The van der Waals surface area contributed by atoms with Crippen molar-refractivity contribution < 1.29 is 74.1 Å². The molecular weight excluding hydrogens is 528 g/mol. The molecule has 15 nitrogen and oxygen atoms in total. The molecule has 218 valence electrons.